The van der Waals surface area contributed by atoms with Gasteiger partial charge in [-0.05, 0) is 88.5 Å². The summed E-state index contributed by atoms with van der Waals surface area (Å²) in [5, 5.41) is 15.9. The van der Waals surface area contributed by atoms with Crippen LogP contribution >= 0.6 is 0 Å². The van der Waals surface area contributed by atoms with Crippen molar-refractivity contribution in [2.75, 3.05) is 0 Å². The van der Waals surface area contributed by atoms with E-state index in [0.717, 1.165) is 105 Å². The lowest BCUT2D eigenvalue weighted by Gasteiger charge is -2.20. The molecule has 64 heavy (non-hydrogen) atoms. The zero-order valence-corrected chi connectivity index (χ0v) is 34.7. The Morgan fingerprint density at radius 2 is 0.719 bits per heavy atom. The van der Waals surface area contributed by atoms with Gasteiger partial charge in [0.25, 0.3) is 0 Å². The molecule has 0 aliphatic carbocycles. The van der Waals surface area contributed by atoms with Crippen LogP contribution in [0.1, 0.15) is 5.56 Å². The van der Waals surface area contributed by atoms with Crippen molar-refractivity contribution in [3.05, 3.63) is 236 Å². The molecule has 0 bridgehead atoms. The van der Waals surface area contributed by atoms with Crippen LogP contribution in [0.4, 0.5) is 0 Å². The van der Waals surface area contributed by atoms with E-state index in [0.29, 0.717) is 5.56 Å². The molecule has 12 rings (SSSR count). The molecule has 0 radical (unpaired) electrons. The van der Waals surface area contributed by atoms with Crippen molar-refractivity contribution in [1.82, 2.24) is 14.1 Å². The number of nitriles is 1. The van der Waals surface area contributed by atoms with E-state index in [1.807, 2.05) is 12.1 Å². The number of fused-ring (bicyclic) bond motifs is 6. The lowest BCUT2D eigenvalue weighted by Crippen LogP contribution is -2.04. The van der Waals surface area contributed by atoms with E-state index in [-0.39, 0.29) is 0 Å². The van der Waals surface area contributed by atoms with Gasteiger partial charge in [0.2, 0.25) is 0 Å². The van der Waals surface area contributed by atoms with Crippen LogP contribution in [-0.2, 0) is 0 Å². The van der Waals surface area contributed by atoms with E-state index < -0.39 is 0 Å². The van der Waals surface area contributed by atoms with Crippen LogP contribution in [0.3, 0.4) is 0 Å². The van der Waals surface area contributed by atoms with E-state index in [1.54, 1.807) is 0 Å². The Labute approximate surface area is 370 Å². The zero-order valence-electron chi connectivity index (χ0n) is 34.7. The van der Waals surface area contributed by atoms with E-state index in [2.05, 4.69) is 234 Å². The van der Waals surface area contributed by atoms with Gasteiger partial charge >= 0.3 is 0 Å². The van der Waals surface area contributed by atoms with Crippen LogP contribution in [0.5, 0.6) is 0 Å². The molecule has 0 aliphatic heterocycles. The normalized spacial score (nSPS) is 11.4. The number of benzene rings is 9. The largest absolute Gasteiger partial charge is 0.309 e. The molecule has 0 saturated carbocycles. The standard InChI is InChI=1S/C60H38N4/c61-39-47-35-50(46-36-53(42-21-9-3-10-22-42)62-54(37-46)43-23-11-4-12-24-43)60(64-56-28-16-14-26-49(56)52-34-45(30-32-58(52)64)41-19-7-2-8-20-41)38-59(47)63-55-27-15-13-25-48(55)51-33-44(29-31-57(51)63)40-17-5-1-6-18-40/h1-38H. The smallest absolute Gasteiger partial charge is 0.101 e. The molecular formula is C60H38N4. The summed E-state index contributed by atoms with van der Waals surface area (Å²) < 4.78 is 4.68. The quantitative estimate of drug-likeness (QED) is 0.161. The van der Waals surface area contributed by atoms with Crippen LogP contribution in [0, 0.1) is 11.3 Å². The van der Waals surface area contributed by atoms with Crippen LogP contribution < -0.4 is 0 Å². The van der Waals surface area contributed by atoms with Gasteiger partial charge in [-0.15, -0.1) is 0 Å². The molecule has 4 heteroatoms. The first-order chi connectivity index (χ1) is 31.7. The topological polar surface area (TPSA) is 46.5 Å². The fourth-order valence-electron chi connectivity index (χ4n) is 9.55. The molecule has 0 aliphatic rings. The Bertz CT molecular complexity index is 3710. The lowest BCUT2D eigenvalue weighted by molar-refractivity contribution is 1.13. The van der Waals surface area contributed by atoms with E-state index in [4.69, 9.17) is 4.98 Å². The molecule has 0 amide bonds. The molecule has 0 fully saturated rings. The second-order valence-electron chi connectivity index (χ2n) is 16.3. The highest BCUT2D eigenvalue weighted by atomic mass is 15.0. The first-order valence-corrected chi connectivity index (χ1v) is 21.6. The fraction of sp³-hybridized carbons (Fsp3) is 0. The number of rotatable bonds is 7. The van der Waals surface area contributed by atoms with Crippen LogP contribution in [0.15, 0.2) is 231 Å². The predicted molar refractivity (Wildman–Crippen MR) is 265 cm³/mol. The van der Waals surface area contributed by atoms with E-state index >= 15 is 0 Å². The number of nitrogens with zero attached hydrogens (tertiary/aromatic N) is 4. The summed E-state index contributed by atoms with van der Waals surface area (Å²) in [6, 6.07) is 83.8. The third-order valence-electron chi connectivity index (χ3n) is 12.6. The third kappa shape index (κ3) is 6.18. The summed E-state index contributed by atoms with van der Waals surface area (Å²) in [7, 11) is 0. The number of hydrogen-bond acceptors (Lipinski definition) is 2. The van der Waals surface area contributed by atoms with Crippen molar-refractivity contribution in [3.63, 3.8) is 0 Å². The maximum absolute atomic E-state index is 11.3. The van der Waals surface area contributed by atoms with Crippen LogP contribution in [0.25, 0.3) is 111 Å². The van der Waals surface area contributed by atoms with Crippen molar-refractivity contribution < 1.29 is 0 Å². The van der Waals surface area contributed by atoms with Crippen LogP contribution in [0.2, 0.25) is 0 Å². The summed E-state index contributed by atoms with van der Waals surface area (Å²) in [6.45, 7) is 0. The molecule has 0 saturated heterocycles. The van der Waals surface area contributed by atoms with Crippen molar-refractivity contribution in [2.45, 2.75) is 0 Å². The predicted octanol–water partition coefficient (Wildman–Crippen LogP) is 15.5. The van der Waals surface area contributed by atoms with Crippen molar-refractivity contribution in [2.24, 2.45) is 0 Å². The van der Waals surface area contributed by atoms with Gasteiger partial charge in [0.15, 0.2) is 0 Å². The molecule has 0 atom stereocenters. The maximum atomic E-state index is 11.3. The Kier molecular flexibility index (Phi) is 8.84. The highest BCUT2D eigenvalue weighted by Crippen LogP contribution is 2.43. The molecule has 0 N–H and O–H groups in total. The van der Waals surface area contributed by atoms with Crippen LogP contribution in [-0.4, -0.2) is 14.1 Å². The van der Waals surface area contributed by atoms with Gasteiger partial charge in [-0.1, -0.05) is 170 Å². The second kappa shape index (κ2) is 15.3. The molecule has 0 unspecified atom stereocenters. The SMILES string of the molecule is N#Cc1cc(-c2cc(-c3ccccc3)nc(-c3ccccc3)c2)c(-n2c3ccccc3c3cc(-c4ccccc4)ccc32)cc1-n1c2ccccc2c2cc(-c3ccccc3)ccc21. The van der Waals surface area contributed by atoms with Gasteiger partial charge < -0.3 is 9.13 Å². The highest BCUT2D eigenvalue weighted by molar-refractivity contribution is 6.12. The van der Waals surface area contributed by atoms with Gasteiger partial charge in [-0.2, -0.15) is 5.26 Å². The molecule has 12 aromatic rings. The summed E-state index contributed by atoms with van der Waals surface area (Å²) in [6.07, 6.45) is 0. The van der Waals surface area contributed by atoms with E-state index in [9.17, 15) is 5.26 Å². The molecule has 3 aromatic heterocycles. The number of pyridine rings is 1. The van der Waals surface area contributed by atoms with Crippen molar-refractivity contribution in [1.29, 1.82) is 5.26 Å². The molecule has 9 aromatic carbocycles. The third-order valence-corrected chi connectivity index (χ3v) is 12.6. The minimum atomic E-state index is 0.569. The monoisotopic (exact) mass is 814 g/mol. The zero-order chi connectivity index (χ0) is 42.6. The van der Waals surface area contributed by atoms with Gasteiger partial charge in [-0.25, -0.2) is 4.98 Å². The molecule has 3 heterocycles. The Balaban J connectivity index is 1.19. The number of hydrogen-bond donors (Lipinski definition) is 0. The maximum Gasteiger partial charge on any atom is 0.101 e. The molecular weight excluding hydrogens is 777 g/mol. The summed E-state index contributed by atoms with van der Waals surface area (Å²) in [4.78, 5) is 5.25. The van der Waals surface area contributed by atoms with E-state index in [1.165, 1.54) is 5.56 Å². The van der Waals surface area contributed by atoms with Gasteiger partial charge in [-0.3, -0.25) is 0 Å². The van der Waals surface area contributed by atoms with Gasteiger partial charge in [0.05, 0.1) is 50.4 Å². The summed E-state index contributed by atoms with van der Waals surface area (Å²) in [5.41, 5.74) is 16.9. The average Bonchev–Trinajstić information content (AvgIpc) is 3.89. The number of aromatic nitrogens is 3. The summed E-state index contributed by atoms with van der Waals surface area (Å²) in [5.74, 6) is 0. The molecule has 4 nitrogen and oxygen atoms in total. The Hall–Kier alpha value is -8.78. The highest BCUT2D eigenvalue weighted by Gasteiger charge is 2.23. The molecule has 298 valence electrons. The van der Waals surface area contributed by atoms with Gasteiger partial charge in [0, 0.05) is 38.2 Å². The lowest BCUT2D eigenvalue weighted by atomic mass is 9.96. The minimum absolute atomic E-state index is 0.569. The molecule has 0 spiro atoms. The fourth-order valence-corrected chi connectivity index (χ4v) is 9.55. The average molecular weight is 815 g/mol. The summed E-state index contributed by atoms with van der Waals surface area (Å²) >= 11 is 0. The van der Waals surface area contributed by atoms with Crippen molar-refractivity contribution >= 4 is 43.6 Å². The van der Waals surface area contributed by atoms with Gasteiger partial charge in [0.1, 0.15) is 6.07 Å². The minimum Gasteiger partial charge on any atom is -0.309 e. The first-order valence-electron chi connectivity index (χ1n) is 21.6. The first kappa shape index (κ1) is 37.0. The number of para-hydroxylation sites is 2. The van der Waals surface area contributed by atoms with Crippen molar-refractivity contribution in [3.8, 4) is 73.3 Å². The second-order valence-corrected chi connectivity index (χ2v) is 16.3. The Morgan fingerprint density at radius 3 is 1.19 bits per heavy atom. The Morgan fingerprint density at radius 1 is 0.312 bits per heavy atom.